The molecule has 0 amide bonds. The molecule has 1 aromatic heterocycles. The summed E-state index contributed by atoms with van der Waals surface area (Å²) < 4.78 is 13.2. The quantitative estimate of drug-likeness (QED) is 0.705. The van der Waals surface area contributed by atoms with Crippen molar-refractivity contribution in [3.63, 3.8) is 0 Å². The molecule has 3 aromatic rings. The summed E-state index contributed by atoms with van der Waals surface area (Å²) >= 11 is 0. The van der Waals surface area contributed by atoms with Crippen molar-refractivity contribution in [1.29, 1.82) is 0 Å². The standard InChI is InChI=1S/C23H27FN4/c1-3-27-10-12-28(13-11-27)16-18-14-21-17(2)4-9-22(23(21)25-15-18)26-20-7-5-19(24)6-8-20/h4-9,14-15,26H,3,10-13,16H2,1-2H3. The number of anilines is 2. The van der Waals surface area contributed by atoms with Gasteiger partial charge in [-0.2, -0.15) is 0 Å². The third kappa shape index (κ3) is 4.16. The number of pyridine rings is 1. The zero-order chi connectivity index (χ0) is 19.5. The van der Waals surface area contributed by atoms with Crippen LogP contribution in [0.1, 0.15) is 18.1 Å². The Bertz CT molecular complexity index is 947. The number of aryl methyl sites for hydroxylation is 1. The van der Waals surface area contributed by atoms with Gasteiger partial charge in [0.1, 0.15) is 5.82 Å². The zero-order valence-corrected chi connectivity index (χ0v) is 16.6. The fraction of sp³-hybridized carbons (Fsp3) is 0.348. The molecule has 1 aliphatic rings. The Balaban J connectivity index is 1.56. The van der Waals surface area contributed by atoms with Crippen molar-refractivity contribution >= 4 is 22.3 Å². The molecule has 0 aliphatic carbocycles. The largest absolute Gasteiger partial charge is 0.354 e. The molecule has 2 aromatic carbocycles. The van der Waals surface area contributed by atoms with E-state index in [1.54, 1.807) is 12.1 Å². The summed E-state index contributed by atoms with van der Waals surface area (Å²) in [6.45, 7) is 10.9. The van der Waals surface area contributed by atoms with E-state index in [9.17, 15) is 4.39 Å². The van der Waals surface area contributed by atoms with Gasteiger partial charge in [-0.3, -0.25) is 9.88 Å². The van der Waals surface area contributed by atoms with Crippen LogP contribution >= 0.6 is 0 Å². The molecule has 0 spiro atoms. The van der Waals surface area contributed by atoms with Gasteiger partial charge in [-0.15, -0.1) is 0 Å². The van der Waals surface area contributed by atoms with Gasteiger partial charge in [0.15, 0.2) is 0 Å². The first kappa shape index (κ1) is 18.8. The van der Waals surface area contributed by atoms with Crippen molar-refractivity contribution in [2.45, 2.75) is 20.4 Å². The number of piperazine rings is 1. The topological polar surface area (TPSA) is 31.4 Å². The number of hydrogen-bond donors (Lipinski definition) is 1. The molecule has 0 atom stereocenters. The second kappa shape index (κ2) is 8.25. The molecule has 0 saturated carbocycles. The Morgan fingerprint density at radius 3 is 2.43 bits per heavy atom. The van der Waals surface area contributed by atoms with E-state index in [1.165, 1.54) is 23.3 Å². The SMILES string of the molecule is CCN1CCN(Cc2cnc3c(Nc4ccc(F)cc4)ccc(C)c3c2)CC1. The summed E-state index contributed by atoms with van der Waals surface area (Å²) in [5.41, 5.74) is 5.20. The van der Waals surface area contributed by atoms with Crippen molar-refractivity contribution in [2.24, 2.45) is 0 Å². The highest BCUT2D eigenvalue weighted by Crippen LogP contribution is 2.28. The van der Waals surface area contributed by atoms with E-state index in [0.717, 1.165) is 61.5 Å². The first-order valence-corrected chi connectivity index (χ1v) is 9.98. The van der Waals surface area contributed by atoms with Crippen LogP contribution < -0.4 is 5.32 Å². The molecule has 4 rings (SSSR count). The van der Waals surface area contributed by atoms with Crippen LogP contribution in [0.25, 0.3) is 10.9 Å². The Labute approximate surface area is 166 Å². The highest BCUT2D eigenvalue weighted by atomic mass is 19.1. The molecule has 28 heavy (non-hydrogen) atoms. The average molecular weight is 378 g/mol. The molecule has 4 nitrogen and oxygen atoms in total. The molecular formula is C23H27FN4. The van der Waals surface area contributed by atoms with Crippen LogP contribution in [-0.4, -0.2) is 47.5 Å². The Morgan fingerprint density at radius 2 is 1.71 bits per heavy atom. The summed E-state index contributed by atoms with van der Waals surface area (Å²) in [6.07, 6.45) is 1.99. The van der Waals surface area contributed by atoms with Crippen LogP contribution in [0, 0.1) is 12.7 Å². The van der Waals surface area contributed by atoms with Crippen molar-refractivity contribution in [3.05, 3.63) is 65.6 Å². The number of nitrogens with one attached hydrogen (secondary N) is 1. The first-order chi connectivity index (χ1) is 13.6. The monoisotopic (exact) mass is 378 g/mol. The molecule has 1 fully saturated rings. The van der Waals surface area contributed by atoms with E-state index in [4.69, 9.17) is 4.98 Å². The molecule has 0 bridgehead atoms. The number of likely N-dealkylation sites (N-methyl/N-ethyl adjacent to an activating group) is 1. The number of aromatic nitrogens is 1. The number of nitrogens with zero attached hydrogens (tertiary/aromatic N) is 3. The van der Waals surface area contributed by atoms with E-state index in [0.29, 0.717) is 0 Å². The number of rotatable bonds is 5. The molecule has 146 valence electrons. The lowest BCUT2D eigenvalue weighted by molar-refractivity contribution is 0.132. The van der Waals surface area contributed by atoms with Gasteiger partial charge in [0.2, 0.25) is 0 Å². The summed E-state index contributed by atoms with van der Waals surface area (Å²) in [5, 5.41) is 4.53. The van der Waals surface area contributed by atoms with Crippen LogP contribution in [0.15, 0.2) is 48.7 Å². The van der Waals surface area contributed by atoms with Crippen LogP contribution in [0.2, 0.25) is 0 Å². The van der Waals surface area contributed by atoms with Gasteiger partial charge in [0.25, 0.3) is 0 Å². The summed E-state index contributed by atoms with van der Waals surface area (Å²) in [5.74, 6) is -0.234. The average Bonchev–Trinajstić information content (AvgIpc) is 2.72. The van der Waals surface area contributed by atoms with Crippen molar-refractivity contribution in [3.8, 4) is 0 Å². The van der Waals surface area contributed by atoms with E-state index < -0.39 is 0 Å². The normalized spacial score (nSPS) is 15.8. The minimum atomic E-state index is -0.234. The minimum absolute atomic E-state index is 0.234. The number of halogens is 1. The molecular weight excluding hydrogens is 351 g/mol. The number of benzene rings is 2. The van der Waals surface area contributed by atoms with E-state index in [1.807, 2.05) is 12.3 Å². The predicted molar refractivity (Wildman–Crippen MR) is 114 cm³/mol. The second-order valence-electron chi connectivity index (χ2n) is 7.51. The van der Waals surface area contributed by atoms with Crippen LogP contribution in [0.5, 0.6) is 0 Å². The van der Waals surface area contributed by atoms with Crippen LogP contribution in [0.3, 0.4) is 0 Å². The fourth-order valence-corrected chi connectivity index (χ4v) is 3.80. The molecule has 0 unspecified atom stereocenters. The number of fused-ring (bicyclic) bond motifs is 1. The van der Waals surface area contributed by atoms with E-state index >= 15 is 0 Å². The lowest BCUT2D eigenvalue weighted by Gasteiger charge is -2.34. The van der Waals surface area contributed by atoms with Gasteiger partial charge >= 0.3 is 0 Å². The van der Waals surface area contributed by atoms with Crippen LogP contribution in [0.4, 0.5) is 15.8 Å². The van der Waals surface area contributed by atoms with Gasteiger partial charge in [-0.25, -0.2) is 4.39 Å². The Hall–Kier alpha value is -2.50. The maximum absolute atomic E-state index is 13.2. The maximum atomic E-state index is 13.2. The second-order valence-corrected chi connectivity index (χ2v) is 7.51. The lowest BCUT2D eigenvalue weighted by atomic mass is 10.1. The Kier molecular flexibility index (Phi) is 5.55. The first-order valence-electron chi connectivity index (χ1n) is 9.98. The van der Waals surface area contributed by atoms with Gasteiger partial charge in [-0.05, 0) is 61.0 Å². The van der Waals surface area contributed by atoms with Crippen LogP contribution in [-0.2, 0) is 6.54 Å². The third-order valence-corrected chi connectivity index (χ3v) is 5.57. The molecule has 1 N–H and O–H groups in total. The molecule has 0 radical (unpaired) electrons. The highest BCUT2D eigenvalue weighted by molar-refractivity contribution is 5.94. The molecule has 2 heterocycles. The van der Waals surface area contributed by atoms with E-state index in [-0.39, 0.29) is 5.82 Å². The van der Waals surface area contributed by atoms with E-state index in [2.05, 4.69) is 41.1 Å². The summed E-state index contributed by atoms with van der Waals surface area (Å²) in [4.78, 5) is 9.78. The van der Waals surface area contributed by atoms with Gasteiger partial charge in [-0.1, -0.05) is 13.0 Å². The highest BCUT2D eigenvalue weighted by Gasteiger charge is 2.16. The smallest absolute Gasteiger partial charge is 0.123 e. The maximum Gasteiger partial charge on any atom is 0.123 e. The van der Waals surface area contributed by atoms with Crippen molar-refractivity contribution < 1.29 is 4.39 Å². The fourth-order valence-electron chi connectivity index (χ4n) is 3.80. The third-order valence-electron chi connectivity index (χ3n) is 5.57. The van der Waals surface area contributed by atoms with Crippen molar-refractivity contribution in [2.75, 3.05) is 38.0 Å². The van der Waals surface area contributed by atoms with Gasteiger partial charge in [0.05, 0.1) is 11.2 Å². The zero-order valence-electron chi connectivity index (χ0n) is 16.6. The van der Waals surface area contributed by atoms with Crippen molar-refractivity contribution in [1.82, 2.24) is 14.8 Å². The number of hydrogen-bond acceptors (Lipinski definition) is 4. The Morgan fingerprint density at radius 1 is 1.00 bits per heavy atom. The lowest BCUT2D eigenvalue weighted by Crippen LogP contribution is -2.45. The summed E-state index contributed by atoms with van der Waals surface area (Å²) in [7, 11) is 0. The minimum Gasteiger partial charge on any atom is -0.354 e. The molecule has 5 heteroatoms. The predicted octanol–water partition coefficient (Wildman–Crippen LogP) is 4.56. The van der Waals surface area contributed by atoms with Gasteiger partial charge < -0.3 is 10.2 Å². The summed E-state index contributed by atoms with van der Waals surface area (Å²) in [6, 6.07) is 12.8. The molecule has 1 aliphatic heterocycles. The van der Waals surface area contributed by atoms with Gasteiger partial charge in [0, 0.05) is 50.0 Å². The molecule has 1 saturated heterocycles.